The van der Waals surface area contributed by atoms with E-state index in [2.05, 4.69) is 5.32 Å². The van der Waals surface area contributed by atoms with Gasteiger partial charge in [-0.1, -0.05) is 13.8 Å². The van der Waals surface area contributed by atoms with E-state index in [9.17, 15) is 9.59 Å². The van der Waals surface area contributed by atoms with Gasteiger partial charge < -0.3 is 20.7 Å². The number of nitrogens with one attached hydrogen (secondary N) is 1. The molecular weight excluding hydrogens is 294 g/mol. The van der Waals surface area contributed by atoms with Gasteiger partial charge in [0.1, 0.15) is 5.75 Å². The van der Waals surface area contributed by atoms with Crippen LogP contribution in [0.5, 0.6) is 5.75 Å². The number of anilines is 1. The maximum atomic E-state index is 12.4. The van der Waals surface area contributed by atoms with Crippen molar-refractivity contribution in [2.24, 2.45) is 11.1 Å². The molecular formula is C17H27N3O3. The zero-order valence-electron chi connectivity index (χ0n) is 14.4. The third-order valence-electron chi connectivity index (χ3n) is 4.20. The molecule has 23 heavy (non-hydrogen) atoms. The third-order valence-corrected chi connectivity index (χ3v) is 4.20. The molecule has 0 aliphatic carbocycles. The van der Waals surface area contributed by atoms with Gasteiger partial charge in [-0.05, 0) is 37.1 Å². The lowest BCUT2D eigenvalue weighted by Gasteiger charge is -2.28. The van der Waals surface area contributed by atoms with Crippen molar-refractivity contribution in [1.29, 1.82) is 0 Å². The SMILES string of the molecule is CCC(CC)(CN)C(=O)Nc1ccc(OCC(=O)N(C)C)cc1. The Hall–Kier alpha value is -2.08. The molecule has 0 bridgehead atoms. The summed E-state index contributed by atoms with van der Waals surface area (Å²) in [6.45, 7) is 4.24. The first-order valence-electron chi connectivity index (χ1n) is 7.83. The highest BCUT2D eigenvalue weighted by Crippen LogP contribution is 2.27. The number of nitrogens with zero attached hydrogens (tertiary/aromatic N) is 1. The number of nitrogens with two attached hydrogens (primary N) is 1. The second-order valence-corrected chi connectivity index (χ2v) is 5.75. The zero-order chi connectivity index (χ0) is 17.5. The Morgan fingerprint density at radius 1 is 1.17 bits per heavy atom. The molecule has 0 aliphatic heterocycles. The van der Waals surface area contributed by atoms with Crippen molar-refractivity contribution < 1.29 is 14.3 Å². The van der Waals surface area contributed by atoms with Gasteiger partial charge in [-0.3, -0.25) is 9.59 Å². The summed E-state index contributed by atoms with van der Waals surface area (Å²) in [5.74, 6) is 0.400. The van der Waals surface area contributed by atoms with Gasteiger partial charge in [0.05, 0.1) is 5.41 Å². The highest BCUT2D eigenvalue weighted by atomic mass is 16.5. The standard InChI is InChI=1S/C17H27N3O3/c1-5-17(6-2,12-18)16(22)19-13-7-9-14(10-8-13)23-11-15(21)20(3)4/h7-10H,5-6,11-12,18H2,1-4H3,(H,19,22). The van der Waals surface area contributed by atoms with Crippen LogP contribution in [0.4, 0.5) is 5.69 Å². The van der Waals surface area contributed by atoms with Gasteiger partial charge in [-0.2, -0.15) is 0 Å². The number of rotatable bonds is 8. The average molecular weight is 321 g/mol. The molecule has 1 rings (SSSR count). The van der Waals surface area contributed by atoms with Crippen LogP contribution >= 0.6 is 0 Å². The summed E-state index contributed by atoms with van der Waals surface area (Å²) in [5, 5.41) is 2.90. The summed E-state index contributed by atoms with van der Waals surface area (Å²) in [6.07, 6.45) is 1.39. The van der Waals surface area contributed by atoms with E-state index < -0.39 is 5.41 Å². The molecule has 0 radical (unpaired) electrons. The molecule has 0 saturated heterocycles. The number of hydrogen-bond acceptors (Lipinski definition) is 4. The largest absolute Gasteiger partial charge is 0.484 e. The molecule has 0 aliphatic rings. The zero-order valence-corrected chi connectivity index (χ0v) is 14.4. The molecule has 0 fully saturated rings. The Balaban J connectivity index is 2.67. The number of hydrogen-bond donors (Lipinski definition) is 2. The molecule has 0 saturated carbocycles. The fourth-order valence-electron chi connectivity index (χ4n) is 2.12. The van der Waals surface area contributed by atoms with Crippen molar-refractivity contribution in [1.82, 2.24) is 4.90 Å². The van der Waals surface area contributed by atoms with Crippen LogP contribution in [0, 0.1) is 5.41 Å². The van der Waals surface area contributed by atoms with E-state index in [0.29, 0.717) is 30.8 Å². The van der Waals surface area contributed by atoms with Gasteiger partial charge in [-0.25, -0.2) is 0 Å². The minimum atomic E-state index is -0.534. The lowest BCUT2D eigenvalue weighted by Crippen LogP contribution is -2.41. The topological polar surface area (TPSA) is 84.7 Å². The summed E-state index contributed by atoms with van der Waals surface area (Å²) >= 11 is 0. The predicted octanol–water partition coefficient (Wildman–Crippen LogP) is 1.86. The molecule has 0 unspecified atom stereocenters. The fourth-order valence-corrected chi connectivity index (χ4v) is 2.12. The first-order valence-corrected chi connectivity index (χ1v) is 7.83. The molecule has 128 valence electrons. The number of carbonyl (C=O) groups is 2. The maximum Gasteiger partial charge on any atom is 0.259 e. The van der Waals surface area contributed by atoms with Crippen molar-refractivity contribution in [2.75, 3.05) is 32.6 Å². The predicted molar refractivity (Wildman–Crippen MR) is 91.3 cm³/mol. The van der Waals surface area contributed by atoms with E-state index in [1.165, 1.54) is 4.90 Å². The highest BCUT2D eigenvalue weighted by molar-refractivity contribution is 5.95. The van der Waals surface area contributed by atoms with Crippen LogP contribution in [-0.4, -0.2) is 44.0 Å². The van der Waals surface area contributed by atoms with Gasteiger partial charge >= 0.3 is 0 Å². The van der Waals surface area contributed by atoms with Gasteiger partial charge in [0.25, 0.3) is 5.91 Å². The summed E-state index contributed by atoms with van der Waals surface area (Å²) < 4.78 is 5.40. The molecule has 6 heteroatoms. The smallest absolute Gasteiger partial charge is 0.259 e. The molecule has 1 aromatic carbocycles. The molecule has 2 amide bonds. The maximum absolute atomic E-state index is 12.4. The lowest BCUT2D eigenvalue weighted by molar-refractivity contribution is -0.130. The molecule has 0 aromatic heterocycles. The summed E-state index contributed by atoms with van der Waals surface area (Å²) in [5.41, 5.74) is 5.93. The Morgan fingerprint density at radius 2 is 1.74 bits per heavy atom. The Bertz CT molecular complexity index is 514. The van der Waals surface area contributed by atoms with Crippen molar-refractivity contribution in [3.63, 3.8) is 0 Å². The molecule has 0 heterocycles. The van der Waals surface area contributed by atoms with Crippen molar-refractivity contribution >= 4 is 17.5 Å². The Kier molecular flexibility index (Phi) is 7.03. The summed E-state index contributed by atoms with van der Waals surface area (Å²) in [7, 11) is 3.35. The van der Waals surface area contributed by atoms with Crippen LogP contribution in [0.3, 0.4) is 0 Å². The molecule has 6 nitrogen and oxygen atoms in total. The fraction of sp³-hybridized carbons (Fsp3) is 0.529. The molecule has 0 spiro atoms. The van der Waals surface area contributed by atoms with Crippen LogP contribution in [0.2, 0.25) is 0 Å². The van der Waals surface area contributed by atoms with Crippen LogP contribution in [-0.2, 0) is 9.59 Å². The Labute approximate surface area is 138 Å². The quantitative estimate of drug-likeness (QED) is 0.765. The van der Waals surface area contributed by atoms with E-state index in [1.54, 1.807) is 38.4 Å². The van der Waals surface area contributed by atoms with E-state index in [1.807, 2.05) is 13.8 Å². The van der Waals surface area contributed by atoms with E-state index >= 15 is 0 Å². The monoisotopic (exact) mass is 321 g/mol. The van der Waals surface area contributed by atoms with Crippen molar-refractivity contribution in [2.45, 2.75) is 26.7 Å². The van der Waals surface area contributed by atoms with Crippen molar-refractivity contribution in [3.8, 4) is 5.75 Å². The second kappa shape index (κ2) is 8.53. The number of ether oxygens (including phenoxy) is 1. The van der Waals surface area contributed by atoms with Crippen LogP contribution in [0.15, 0.2) is 24.3 Å². The minimum absolute atomic E-state index is 0.0132. The summed E-state index contributed by atoms with van der Waals surface area (Å²) in [6, 6.07) is 6.95. The molecule has 1 aromatic rings. The number of benzene rings is 1. The molecule has 0 atom stereocenters. The lowest BCUT2D eigenvalue weighted by atomic mass is 9.81. The van der Waals surface area contributed by atoms with Gasteiger partial charge in [-0.15, -0.1) is 0 Å². The first-order chi connectivity index (χ1) is 10.9. The molecule has 3 N–H and O–H groups in total. The number of amides is 2. The van der Waals surface area contributed by atoms with Crippen LogP contribution in [0.1, 0.15) is 26.7 Å². The van der Waals surface area contributed by atoms with Gasteiger partial charge in [0, 0.05) is 26.3 Å². The van der Waals surface area contributed by atoms with Crippen LogP contribution in [0.25, 0.3) is 0 Å². The number of likely N-dealkylation sites (N-methyl/N-ethyl adjacent to an activating group) is 1. The van der Waals surface area contributed by atoms with E-state index in [4.69, 9.17) is 10.5 Å². The minimum Gasteiger partial charge on any atom is -0.484 e. The van der Waals surface area contributed by atoms with E-state index in [0.717, 1.165) is 0 Å². The third kappa shape index (κ3) is 4.96. The van der Waals surface area contributed by atoms with Gasteiger partial charge in [0.15, 0.2) is 6.61 Å². The van der Waals surface area contributed by atoms with Crippen LogP contribution < -0.4 is 15.8 Å². The normalized spacial score (nSPS) is 11.0. The van der Waals surface area contributed by atoms with E-state index in [-0.39, 0.29) is 18.4 Å². The summed E-state index contributed by atoms with van der Waals surface area (Å²) in [4.78, 5) is 25.4. The second-order valence-electron chi connectivity index (χ2n) is 5.75. The van der Waals surface area contributed by atoms with Gasteiger partial charge in [0.2, 0.25) is 5.91 Å². The number of carbonyl (C=O) groups excluding carboxylic acids is 2. The highest BCUT2D eigenvalue weighted by Gasteiger charge is 2.33. The first kappa shape index (κ1) is 19.0. The van der Waals surface area contributed by atoms with Crippen molar-refractivity contribution in [3.05, 3.63) is 24.3 Å². The average Bonchev–Trinajstić information content (AvgIpc) is 2.56. The Morgan fingerprint density at radius 3 is 2.17 bits per heavy atom.